The summed E-state index contributed by atoms with van der Waals surface area (Å²) in [5.41, 5.74) is 7.99. The lowest BCUT2D eigenvalue weighted by atomic mass is 9.77. The van der Waals surface area contributed by atoms with Gasteiger partial charge in [0, 0.05) is 23.6 Å². The van der Waals surface area contributed by atoms with Gasteiger partial charge in [-0.1, -0.05) is 55.4 Å². The maximum Gasteiger partial charge on any atom is 0.335 e. The molecule has 1 aliphatic heterocycles. The van der Waals surface area contributed by atoms with Crippen molar-refractivity contribution in [2.45, 2.75) is 70.9 Å². The van der Waals surface area contributed by atoms with Crippen LogP contribution >= 0.6 is 0 Å². The number of nitrogens with zero attached hydrogens (tertiary/aromatic N) is 5. The van der Waals surface area contributed by atoms with Gasteiger partial charge in [0.05, 0.1) is 0 Å². The predicted octanol–water partition coefficient (Wildman–Crippen LogP) is 3.77. The lowest BCUT2D eigenvalue weighted by molar-refractivity contribution is -0.170. The van der Waals surface area contributed by atoms with E-state index in [1.54, 1.807) is 24.3 Å². The van der Waals surface area contributed by atoms with Crippen molar-refractivity contribution in [3.8, 4) is 0 Å². The van der Waals surface area contributed by atoms with E-state index in [4.69, 9.17) is 10.6 Å². The first-order valence-corrected chi connectivity index (χ1v) is 13.9. The molecular formula is C28H36N6O9. The molecule has 0 bridgehead atoms. The maximum atomic E-state index is 13.6. The molecule has 1 aliphatic rings. The molecule has 1 fully saturated rings. The van der Waals surface area contributed by atoms with Gasteiger partial charge < -0.3 is 20.6 Å². The van der Waals surface area contributed by atoms with Crippen molar-refractivity contribution in [3.05, 3.63) is 46.3 Å². The Morgan fingerprint density at radius 1 is 0.953 bits per heavy atom. The summed E-state index contributed by atoms with van der Waals surface area (Å²) in [6, 6.07) is 2.02. The van der Waals surface area contributed by atoms with Gasteiger partial charge in [0.2, 0.25) is 11.8 Å². The Balaban J connectivity index is 2.11. The van der Waals surface area contributed by atoms with Crippen molar-refractivity contribution in [3.63, 3.8) is 0 Å². The number of aliphatic carboxylic acids is 3. The number of barbiturate groups is 1. The summed E-state index contributed by atoms with van der Waals surface area (Å²) in [4.78, 5) is 79.5. The highest BCUT2D eigenvalue weighted by molar-refractivity contribution is 6.21. The summed E-state index contributed by atoms with van der Waals surface area (Å²) in [6.45, 7) is 4.01. The van der Waals surface area contributed by atoms with Crippen molar-refractivity contribution in [2.24, 2.45) is 10.5 Å². The number of azide groups is 1. The van der Waals surface area contributed by atoms with Crippen molar-refractivity contribution in [2.75, 3.05) is 13.1 Å². The number of urea groups is 1. The van der Waals surface area contributed by atoms with Gasteiger partial charge in [-0.05, 0) is 56.2 Å². The Bertz CT molecular complexity index is 1290. The molecular weight excluding hydrogens is 564 g/mol. The molecule has 1 aromatic rings. The van der Waals surface area contributed by atoms with Gasteiger partial charge in [0.1, 0.15) is 17.5 Å². The molecule has 0 aromatic heterocycles. The highest BCUT2D eigenvalue weighted by Crippen LogP contribution is 2.39. The third-order valence-electron chi connectivity index (χ3n) is 7.41. The number of carbonyl (C=O) groups is 6. The molecule has 2 atom stereocenters. The molecule has 1 aromatic carbocycles. The fraction of sp³-hybridized carbons (Fsp3) is 0.500. The Labute approximate surface area is 247 Å². The first-order chi connectivity index (χ1) is 20.4. The highest BCUT2D eigenvalue weighted by atomic mass is 16.4. The predicted molar refractivity (Wildman–Crippen MR) is 153 cm³/mol. The molecule has 0 saturated carbocycles. The van der Waals surface area contributed by atoms with Crippen LogP contribution in [-0.4, -0.2) is 86.0 Å². The lowest BCUT2D eigenvalue weighted by Gasteiger charge is -2.46. The molecule has 1 saturated heterocycles. The van der Waals surface area contributed by atoms with Crippen molar-refractivity contribution in [1.82, 2.24) is 15.1 Å². The van der Waals surface area contributed by atoms with Gasteiger partial charge in [0.25, 0.3) is 0 Å². The molecule has 4 N–H and O–H groups in total. The second-order valence-corrected chi connectivity index (χ2v) is 9.95. The fourth-order valence-corrected chi connectivity index (χ4v) is 4.91. The Kier molecular flexibility index (Phi) is 12.8. The van der Waals surface area contributed by atoms with Crippen LogP contribution in [0.1, 0.15) is 64.4 Å². The zero-order valence-electron chi connectivity index (χ0n) is 24.0. The summed E-state index contributed by atoms with van der Waals surface area (Å²) >= 11 is 0. The van der Waals surface area contributed by atoms with Crippen LogP contribution < -0.4 is 5.32 Å². The van der Waals surface area contributed by atoms with E-state index >= 15 is 0 Å². The van der Waals surface area contributed by atoms with Crippen LogP contribution in [0.15, 0.2) is 35.5 Å². The normalized spacial score (nSPS) is 16.2. The smallest absolute Gasteiger partial charge is 0.335 e. The monoisotopic (exact) mass is 600 g/mol. The van der Waals surface area contributed by atoms with E-state index in [1.807, 2.05) is 12.2 Å². The van der Waals surface area contributed by atoms with Crippen LogP contribution in [0, 0.1) is 5.41 Å². The lowest BCUT2D eigenvalue weighted by Crippen LogP contribution is -2.70. The summed E-state index contributed by atoms with van der Waals surface area (Å²) in [7, 11) is 0. The van der Waals surface area contributed by atoms with Crippen LogP contribution in [0.5, 0.6) is 0 Å². The first kappa shape index (κ1) is 34.5. The largest absolute Gasteiger partial charge is 0.481 e. The number of amides is 4. The van der Waals surface area contributed by atoms with Gasteiger partial charge in [0.15, 0.2) is 0 Å². The number of nitrogens with one attached hydrogen (secondary N) is 1. The first-order valence-electron chi connectivity index (χ1n) is 13.9. The number of hydrogen-bond donors (Lipinski definition) is 4. The van der Waals surface area contributed by atoms with Crippen molar-refractivity contribution in [1.29, 1.82) is 0 Å². The average Bonchev–Trinajstić information content (AvgIpc) is 2.96. The zero-order valence-corrected chi connectivity index (χ0v) is 24.0. The van der Waals surface area contributed by atoms with Crippen LogP contribution in [0.3, 0.4) is 0 Å². The second kappa shape index (κ2) is 16.0. The van der Waals surface area contributed by atoms with Crippen molar-refractivity contribution >= 4 is 47.5 Å². The molecule has 0 spiro atoms. The van der Waals surface area contributed by atoms with Gasteiger partial charge in [-0.3, -0.25) is 14.4 Å². The van der Waals surface area contributed by atoms with Gasteiger partial charge in [-0.15, -0.1) is 0 Å². The topological polar surface area (TPSA) is 230 Å². The number of unbranched alkanes of at least 4 members (excludes halogenated alkanes) is 1. The van der Waals surface area contributed by atoms with E-state index in [9.17, 15) is 39.0 Å². The molecule has 4 amide bonds. The number of carboxylic acids is 3. The Morgan fingerprint density at radius 3 is 2.00 bits per heavy atom. The third kappa shape index (κ3) is 8.40. The molecule has 2 unspecified atom stereocenters. The standard InChI is InChI=1S/C28H36N6O9/c1-3-28(4-2)25(41)33(27(43)34(26(28)42)21(24(39)40)14-15-22(35)36)20(23(37)38)9-5-6-16-30-17-7-8-18-10-12-19(13-11-18)31-32-29/h7-8,10-13,20-21,30H,3-6,9,14-17H2,1-2H3,(H,35,36)(H,37,38)(H,39,40)/b8-7+. The second-order valence-electron chi connectivity index (χ2n) is 9.95. The number of benzene rings is 1. The number of imide groups is 2. The number of carbonyl (C=O) groups excluding carboxylic acids is 3. The minimum absolute atomic E-state index is 0.117. The molecule has 15 nitrogen and oxygen atoms in total. The maximum absolute atomic E-state index is 13.6. The highest BCUT2D eigenvalue weighted by Gasteiger charge is 2.59. The van der Waals surface area contributed by atoms with E-state index in [-0.39, 0.29) is 25.7 Å². The van der Waals surface area contributed by atoms with E-state index in [2.05, 4.69) is 15.3 Å². The van der Waals surface area contributed by atoms with Gasteiger partial charge >= 0.3 is 23.9 Å². The Hall–Kier alpha value is -4.75. The molecule has 2 rings (SSSR count). The number of hydrogen-bond acceptors (Lipinski definition) is 8. The summed E-state index contributed by atoms with van der Waals surface area (Å²) < 4.78 is 0. The molecule has 43 heavy (non-hydrogen) atoms. The molecule has 0 aliphatic carbocycles. The van der Waals surface area contributed by atoms with E-state index < -0.39 is 66.1 Å². The Morgan fingerprint density at radius 2 is 1.51 bits per heavy atom. The van der Waals surface area contributed by atoms with Gasteiger partial charge in [-0.2, -0.15) is 0 Å². The van der Waals surface area contributed by atoms with Crippen LogP contribution in [0.4, 0.5) is 10.5 Å². The zero-order chi connectivity index (χ0) is 32.2. The van der Waals surface area contributed by atoms with E-state index in [0.717, 1.165) is 5.56 Å². The SMILES string of the molecule is CCC1(CC)C(=O)N(C(CCCCNC/C=C/c2ccc(N=[N+]=[N-])cc2)C(=O)O)C(=O)N(C(CCC(=O)O)C(=O)O)C1=O. The van der Waals surface area contributed by atoms with Gasteiger partial charge in [-0.25, -0.2) is 24.2 Å². The summed E-state index contributed by atoms with van der Waals surface area (Å²) in [5.74, 6) is -6.56. The summed E-state index contributed by atoms with van der Waals surface area (Å²) in [6.07, 6.45) is 2.86. The number of carboxylic acid groups (broad SMARTS) is 3. The minimum Gasteiger partial charge on any atom is -0.481 e. The molecule has 0 radical (unpaired) electrons. The molecule has 232 valence electrons. The van der Waals surface area contributed by atoms with E-state index in [1.165, 1.54) is 13.8 Å². The van der Waals surface area contributed by atoms with Crippen molar-refractivity contribution < 1.29 is 44.1 Å². The van der Waals surface area contributed by atoms with Crippen LogP contribution in [0.2, 0.25) is 0 Å². The minimum atomic E-state index is -1.89. The van der Waals surface area contributed by atoms with Crippen LogP contribution in [0.25, 0.3) is 16.5 Å². The molecule has 15 heteroatoms. The fourth-order valence-electron chi connectivity index (χ4n) is 4.91. The summed E-state index contributed by atoms with van der Waals surface area (Å²) in [5, 5.41) is 35.5. The third-order valence-corrected chi connectivity index (χ3v) is 7.41. The molecule has 1 heterocycles. The van der Waals surface area contributed by atoms with Crippen LogP contribution in [-0.2, 0) is 24.0 Å². The quantitative estimate of drug-likeness (QED) is 0.0626. The number of rotatable bonds is 18. The average molecular weight is 601 g/mol. The van der Waals surface area contributed by atoms with E-state index in [0.29, 0.717) is 35.0 Å².